The van der Waals surface area contributed by atoms with Crippen LogP contribution in [0.25, 0.3) is 10.8 Å². The molecule has 0 unspecified atom stereocenters. The summed E-state index contributed by atoms with van der Waals surface area (Å²) in [7, 11) is 5.23. The molecule has 0 aliphatic heterocycles. The average molecular weight is 532 g/mol. The van der Waals surface area contributed by atoms with E-state index in [-0.39, 0.29) is 29.9 Å². The number of halogens is 1. The van der Waals surface area contributed by atoms with Crippen LogP contribution in [0.5, 0.6) is 5.75 Å². The van der Waals surface area contributed by atoms with Crippen molar-refractivity contribution in [3.05, 3.63) is 77.9 Å². The van der Waals surface area contributed by atoms with Gasteiger partial charge in [0.2, 0.25) is 0 Å². The Bertz CT molecular complexity index is 1010. The molecule has 31 heavy (non-hydrogen) atoms. The van der Waals surface area contributed by atoms with E-state index in [1.54, 1.807) is 26.0 Å². The van der Waals surface area contributed by atoms with Crippen molar-refractivity contribution in [2.24, 2.45) is 4.99 Å². The van der Waals surface area contributed by atoms with Gasteiger partial charge < -0.3 is 20.3 Å². The van der Waals surface area contributed by atoms with Crippen molar-refractivity contribution in [1.29, 1.82) is 0 Å². The molecule has 2 N–H and O–H groups in total. The van der Waals surface area contributed by atoms with Crippen LogP contribution >= 0.6 is 24.0 Å². The van der Waals surface area contributed by atoms with Crippen LogP contribution in [0.2, 0.25) is 0 Å². The van der Waals surface area contributed by atoms with E-state index in [2.05, 4.69) is 33.8 Å². The number of carbonyl (C=O) groups is 1. The Hall–Kier alpha value is -2.81. The zero-order valence-corrected chi connectivity index (χ0v) is 20.4. The molecule has 0 saturated carbocycles. The summed E-state index contributed by atoms with van der Waals surface area (Å²) in [4.78, 5) is 17.8. The van der Waals surface area contributed by atoms with E-state index in [4.69, 9.17) is 4.74 Å². The summed E-state index contributed by atoms with van der Waals surface area (Å²) in [5.41, 5.74) is 1.75. The summed E-state index contributed by atoms with van der Waals surface area (Å²) in [5, 5.41) is 8.80. The lowest BCUT2D eigenvalue weighted by Gasteiger charge is -2.14. The highest BCUT2D eigenvalue weighted by Crippen LogP contribution is 2.24. The molecule has 0 fully saturated rings. The highest BCUT2D eigenvalue weighted by atomic mass is 127. The maximum Gasteiger partial charge on any atom is 0.253 e. The molecule has 3 aromatic rings. The molecule has 164 valence electrons. The van der Waals surface area contributed by atoms with Gasteiger partial charge in [-0.15, -0.1) is 24.0 Å². The lowest BCUT2D eigenvalue weighted by molar-refractivity contribution is 0.0827. The first-order chi connectivity index (χ1) is 14.6. The van der Waals surface area contributed by atoms with Gasteiger partial charge in [0.1, 0.15) is 12.4 Å². The molecular formula is C24H29IN4O2. The number of amides is 1. The topological polar surface area (TPSA) is 66.0 Å². The first-order valence-corrected chi connectivity index (χ1v) is 9.94. The van der Waals surface area contributed by atoms with Crippen molar-refractivity contribution in [2.75, 3.05) is 34.3 Å². The number of guanidine groups is 1. The summed E-state index contributed by atoms with van der Waals surface area (Å²) >= 11 is 0. The standard InChI is InChI=1S/C24H28N4O2.HI/c1-25-24(27-17-18-11-13-20(14-12-18)23(29)28(2)3)26-15-16-30-22-10-6-8-19-7-4-5-9-21(19)22;/h4-14H,15-17H2,1-3H3,(H2,25,26,27);1H. The molecule has 6 nitrogen and oxygen atoms in total. The lowest BCUT2D eigenvalue weighted by atomic mass is 10.1. The Morgan fingerprint density at radius 3 is 2.39 bits per heavy atom. The van der Waals surface area contributed by atoms with Gasteiger partial charge in [-0.25, -0.2) is 0 Å². The minimum Gasteiger partial charge on any atom is -0.491 e. The van der Waals surface area contributed by atoms with Crippen LogP contribution in [-0.4, -0.2) is 51.1 Å². The zero-order chi connectivity index (χ0) is 21.3. The normalized spacial score (nSPS) is 10.9. The molecule has 0 heterocycles. The summed E-state index contributed by atoms with van der Waals surface area (Å²) in [5.74, 6) is 1.58. The third-order valence-electron chi connectivity index (χ3n) is 4.69. The molecule has 3 rings (SSSR count). The Morgan fingerprint density at radius 1 is 0.968 bits per heavy atom. The van der Waals surface area contributed by atoms with Gasteiger partial charge in [0.15, 0.2) is 5.96 Å². The van der Waals surface area contributed by atoms with Crippen molar-refractivity contribution < 1.29 is 9.53 Å². The second-order valence-electron chi connectivity index (χ2n) is 7.07. The molecule has 0 bridgehead atoms. The fraction of sp³-hybridized carbons (Fsp3) is 0.250. The number of carbonyl (C=O) groups excluding carboxylic acids is 1. The third kappa shape index (κ3) is 6.85. The molecule has 0 aromatic heterocycles. The number of hydrogen-bond acceptors (Lipinski definition) is 3. The SMILES string of the molecule is CN=C(NCCOc1cccc2ccccc12)NCc1ccc(C(=O)N(C)C)cc1.I. The van der Waals surface area contributed by atoms with Crippen molar-refractivity contribution >= 4 is 46.6 Å². The van der Waals surface area contributed by atoms with Crippen LogP contribution in [0.4, 0.5) is 0 Å². The first-order valence-electron chi connectivity index (χ1n) is 9.94. The quantitative estimate of drug-likeness (QED) is 0.210. The van der Waals surface area contributed by atoms with Crippen molar-refractivity contribution in [3.63, 3.8) is 0 Å². The van der Waals surface area contributed by atoms with Gasteiger partial charge in [-0.05, 0) is 29.1 Å². The average Bonchev–Trinajstić information content (AvgIpc) is 2.78. The molecule has 0 aliphatic carbocycles. The largest absolute Gasteiger partial charge is 0.491 e. The van der Waals surface area contributed by atoms with Crippen molar-refractivity contribution in [1.82, 2.24) is 15.5 Å². The molecule has 0 atom stereocenters. The molecule has 7 heteroatoms. The fourth-order valence-electron chi connectivity index (χ4n) is 3.08. The summed E-state index contributed by atoms with van der Waals surface area (Å²) in [6.45, 7) is 1.76. The molecule has 0 spiro atoms. The third-order valence-corrected chi connectivity index (χ3v) is 4.69. The van der Waals surface area contributed by atoms with Crippen LogP contribution in [0.3, 0.4) is 0 Å². The molecule has 0 radical (unpaired) electrons. The van der Waals surface area contributed by atoms with Crippen LogP contribution in [-0.2, 0) is 6.54 Å². The van der Waals surface area contributed by atoms with E-state index in [0.29, 0.717) is 31.2 Å². The summed E-state index contributed by atoms with van der Waals surface area (Å²) in [6, 6.07) is 21.8. The van der Waals surface area contributed by atoms with Gasteiger partial charge in [0.05, 0.1) is 6.54 Å². The predicted molar refractivity (Wildman–Crippen MR) is 138 cm³/mol. The number of fused-ring (bicyclic) bond motifs is 1. The lowest BCUT2D eigenvalue weighted by Crippen LogP contribution is -2.38. The smallest absolute Gasteiger partial charge is 0.253 e. The fourth-order valence-corrected chi connectivity index (χ4v) is 3.08. The highest BCUT2D eigenvalue weighted by molar-refractivity contribution is 14.0. The summed E-state index contributed by atoms with van der Waals surface area (Å²) in [6.07, 6.45) is 0. The first kappa shape index (κ1) is 24.5. The van der Waals surface area contributed by atoms with Gasteiger partial charge in [-0.2, -0.15) is 0 Å². The second kappa shape index (κ2) is 12.1. The van der Waals surface area contributed by atoms with Gasteiger partial charge >= 0.3 is 0 Å². The molecule has 1 amide bonds. The van der Waals surface area contributed by atoms with Crippen LogP contribution in [0.15, 0.2) is 71.7 Å². The number of benzene rings is 3. The number of nitrogens with one attached hydrogen (secondary N) is 2. The highest BCUT2D eigenvalue weighted by Gasteiger charge is 2.07. The Labute approximate surface area is 200 Å². The van der Waals surface area contributed by atoms with Crippen molar-refractivity contribution in [3.8, 4) is 5.75 Å². The maximum absolute atomic E-state index is 12.0. The van der Waals surface area contributed by atoms with Crippen LogP contribution in [0.1, 0.15) is 15.9 Å². The zero-order valence-electron chi connectivity index (χ0n) is 18.1. The minimum absolute atomic E-state index is 0. The monoisotopic (exact) mass is 532 g/mol. The van der Waals surface area contributed by atoms with Gasteiger partial charge in [-0.1, -0.05) is 48.5 Å². The Morgan fingerprint density at radius 2 is 1.68 bits per heavy atom. The number of nitrogens with zero attached hydrogens (tertiary/aromatic N) is 2. The van der Waals surface area contributed by atoms with Gasteiger partial charge in [0, 0.05) is 38.6 Å². The number of rotatable bonds is 7. The molecular weight excluding hydrogens is 503 g/mol. The summed E-state index contributed by atoms with van der Waals surface area (Å²) < 4.78 is 5.95. The molecule has 3 aromatic carbocycles. The minimum atomic E-state index is -0.00168. The van der Waals surface area contributed by atoms with E-state index < -0.39 is 0 Å². The van der Waals surface area contributed by atoms with Crippen LogP contribution < -0.4 is 15.4 Å². The van der Waals surface area contributed by atoms with E-state index in [1.165, 1.54) is 5.39 Å². The van der Waals surface area contributed by atoms with Gasteiger partial charge in [0.25, 0.3) is 5.91 Å². The second-order valence-corrected chi connectivity index (χ2v) is 7.07. The number of hydrogen-bond donors (Lipinski definition) is 2. The van der Waals surface area contributed by atoms with Gasteiger partial charge in [-0.3, -0.25) is 9.79 Å². The molecule has 0 saturated heterocycles. The number of aliphatic imine (C=N–C) groups is 1. The van der Waals surface area contributed by atoms with E-state index in [1.807, 2.05) is 48.5 Å². The predicted octanol–water partition coefficient (Wildman–Crippen LogP) is 3.90. The number of ether oxygens (including phenoxy) is 1. The Balaban J connectivity index is 0.00000341. The van der Waals surface area contributed by atoms with Crippen molar-refractivity contribution in [2.45, 2.75) is 6.54 Å². The molecule has 0 aliphatic rings. The maximum atomic E-state index is 12.0. The van der Waals surface area contributed by atoms with E-state index in [0.717, 1.165) is 16.7 Å². The van der Waals surface area contributed by atoms with E-state index in [9.17, 15) is 4.79 Å². The Kier molecular flexibility index (Phi) is 9.58. The van der Waals surface area contributed by atoms with Crippen LogP contribution in [0, 0.1) is 0 Å². The van der Waals surface area contributed by atoms with E-state index >= 15 is 0 Å².